The van der Waals surface area contributed by atoms with E-state index in [2.05, 4.69) is 15.3 Å². The summed E-state index contributed by atoms with van der Waals surface area (Å²) in [6, 6.07) is 8.30. The van der Waals surface area contributed by atoms with Crippen molar-refractivity contribution in [3.8, 4) is 0 Å². The summed E-state index contributed by atoms with van der Waals surface area (Å²) in [6.07, 6.45) is 3.01. The number of H-pyrrole nitrogens is 1. The predicted molar refractivity (Wildman–Crippen MR) is 93.4 cm³/mol. The maximum absolute atomic E-state index is 12.5. The Morgan fingerprint density at radius 3 is 2.80 bits per heavy atom. The van der Waals surface area contributed by atoms with E-state index in [1.807, 2.05) is 24.3 Å². The van der Waals surface area contributed by atoms with Gasteiger partial charge in [-0.25, -0.2) is 4.98 Å². The van der Waals surface area contributed by atoms with Gasteiger partial charge >= 0.3 is 0 Å². The van der Waals surface area contributed by atoms with E-state index < -0.39 is 6.04 Å². The van der Waals surface area contributed by atoms with E-state index in [1.54, 1.807) is 17.7 Å². The Balaban J connectivity index is 1.84. The predicted octanol–water partition coefficient (Wildman–Crippen LogP) is 1.80. The number of aromatic nitrogens is 3. The lowest BCUT2D eigenvalue weighted by atomic mass is 10.1. The molecule has 0 aliphatic rings. The van der Waals surface area contributed by atoms with Gasteiger partial charge in [0.15, 0.2) is 5.78 Å². The number of nitrogens with zero attached hydrogens (tertiary/aromatic N) is 2. The van der Waals surface area contributed by atoms with Crippen molar-refractivity contribution in [2.24, 2.45) is 0 Å². The van der Waals surface area contributed by atoms with Crippen LogP contribution in [0.25, 0.3) is 10.9 Å². The van der Waals surface area contributed by atoms with E-state index in [0.717, 1.165) is 10.9 Å². The number of aromatic amines is 1. The number of carbonyl (C=O) groups is 2. The fraction of sp³-hybridized carbons (Fsp3) is 0.222. The fourth-order valence-corrected chi connectivity index (χ4v) is 2.76. The number of hydrogen-bond donors (Lipinski definition) is 2. The Morgan fingerprint density at radius 2 is 2.08 bits per heavy atom. The standard InChI is InChI=1S/C18H18N4O3/c1-11(18(25)19-8-13-7-17(24)21-10-20-13)22-9-15(12(2)23)14-5-3-4-6-16(14)22/h3-7,9-11H,8H2,1-2H3,(H,19,25)(H,20,21,24)/t11-/m0/s1. The van der Waals surface area contributed by atoms with Crippen LogP contribution in [0.2, 0.25) is 0 Å². The van der Waals surface area contributed by atoms with Gasteiger partial charge in [-0.15, -0.1) is 0 Å². The van der Waals surface area contributed by atoms with E-state index in [9.17, 15) is 14.4 Å². The molecule has 1 amide bonds. The maximum Gasteiger partial charge on any atom is 0.250 e. The first-order valence-electron chi connectivity index (χ1n) is 7.89. The summed E-state index contributed by atoms with van der Waals surface area (Å²) in [5.41, 5.74) is 1.62. The Kier molecular flexibility index (Phi) is 4.47. The van der Waals surface area contributed by atoms with Gasteiger partial charge in [0.25, 0.3) is 5.56 Å². The maximum atomic E-state index is 12.5. The lowest BCUT2D eigenvalue weighted by molar-refractivity contribution is -0.123. The number of para-hydroxylation sites is 1. The number of fused-ring (bicyclic) bond motifs is 1. The Hall–Kier alpha value is -3.22. The van der Waals surface area contributed by atoms with Crippen LogP contribution < -0.4 is 10.9 Å². The van der Waals surface area contributed by atoms with Crippen molar-refractivity contribution in [1.82, 2.24) is 19.9 Å². The molecule has 0 saturated heterocycles. The molecule has 0 unspecified atom stereocenters. The number of ketones is 1. The Labute approximate surface area is 143 Å². The molecule has 3 rings (SSSR count). The van der Waals surface area contributed by atoms with Crippen LogP contribution in [0.4, 0.5) is 0 Å². The first-order valence-corrected chi connectivity index (χ1v) is 7.89. The molecule has 25 heavy (non-hydrogen) atoms. The number of Topliss-reactive ketones (excluding diaryl/α,β-unsaturated/α-hetero) is 1. The molecule has 0 bridgehead atoms. The third-order valence-electron chi connectivity index (χ3n) is 4.10. The lowest BCUT2D eigenvalue weighted by Crippen LogP contribution is -2.31. The minimum absolute atomic E-state index is 0.0460. The van der Waals surface area contributed by atoms with Gasteiger partial charge in [0.2, 0.25) is 5.91 Å². The summed E-state index contributed by atoms with van der Waals surface area (Å²) in [5, 5.41) is 3.59. The normalized spacial score (nSPS) is 12.1. The quantitative estimate of drug-likeness (QED) is 0.693. The zero-order valence-electron chi connectivity index (χ0n) is 13.9. The van der Waals surface area contributed by atoms with Gasteiger partial charge in [-0.2, -0.15) is 0 Å². The molecule has 7 nitrogen and oxygen atoms in total. The summed E-state index contributed by atoms with van der Waals surface area (Å²) < 4.78 is 1.78. The minimum Gasteiger partial charge on any atom is -0.349 e. The summed E-state index contributed by atoms with van der Waals surface area (Å²) in [5.74, 6) is -0.270. The van der Waals surface area contributed by atoms with Crippen LogP contribution in [0.1, 0.15) is 35.9 Å². The van der Waals surface area contributed by atoms with Crippen LogP contribution in [0.5, 0.6) is 0 Å². The van der Waals surface area contributed by atoms with Crippen molar-refractivity contribution < 1.29 is 9.59 Å². The highest BCUT2D eigenvalue weighted by Crippen LogP contribution is 2.25. The van der Waals surface area contributed by atoms with Crippen molar-refractivity contribution in [3.05, 3.63) is 64.5 Å². The number of benzene rings is 1. The molecular formula is C18H18N4O3. The molecular weight excluding hydrogens is 320 g/mol. The molecule has 0 aliphatic carbocycles. The molecule has 0 aliphatic heterocycles. The van der Waals surface area contributed by atoms with Crippen LogP contribution >= 0.6 is 0 Å². The Morgan fingerprint density at radius 1 is 1.32 bits per heavy atom. The summed E-state index contributed by atoms with van der Waals surface area (Å²) in [6.45, 7) is 3.43. The van der Waals surface area contributed by atoms with Crippen molar-refractivity contribution in [1.29, 1.82) is 0 Å². The zero-order chi connectivity index (χ0) is 18.0. The molecule has 2 aromatic heterocycles. The SMILES string of the molecule is CC(=O)c1cn([C@@H](C)C(=O)NCc2cc(=O)[nH]cn2)c2ccccc12. The van der Waals surface area contributed by atoms with Gasteiger partial charge in [-0.1, -0.05) is 18.2 Å². The molecule has 0 saturated carbocycles. The van der Waals surface area contributed by atoms with Crippen LogP contribution in [-0.2, 0) is 11.3 Å². The fourth-order valence-electron chi connectivity index (χ4n) is 2.76. The molecule has 7 heteroatoms. The van der Waals surface area contributed by atoms with E-state index in [4.69, 9.17) is 0 Å². The summed E-state index contributed by atoms with van der Waals surface area (Å²) in [4.78, 5) is 42.0. The molecule has 2 N–H and O–H groups in total. The number of carbonyl (C=O) groups excluding carboxylic acids is 2. The van der Waals surface area contributed by atoms with E-state index >= 15 is 0 Å². The van der Waals surface area contributed by atoms with Crippen molar-refractivity contribution >= 4 is 22.6 Å². The highest BCUT2D eigenvalue weighted by molar-refractivity contribution is 6.07. The average molecular weight is 338 g/mol. The number of hydrogen-bond acceptors (Lipinski definition) is 4. The second kappa shape index (κ2) is 6.72. The highest BCUT2D eigenvalue weighted by Gasteiger charge is 2.20. The Bertz CT molecular complexity index is 1000. The average Bonchev–Trinajstić information content (AvgIpc) is 2.99. The van der Waals surface area contributed by atoms with E-state index in [1.165, 1.54) is 19.3 Å². The molecule has 0 spiro atoms. The molecule has 1 atom stereocenters. The van der Waals surface area contributed by atoms with Crippen molar-refractivity contribution in [2.75, 3.05) is 0 Å². The van der Waals surface area contributed by atoms with Gasteiger partial charge in [-0.05, 0) is 19.9 Å². The van der Waals surface area contributed by atoms with Crippen LogP contribution in [-0.4, -0.2) is 26.2 Å². The van der Waals surface area contributed by atoms with E-state index in [-0.39, 0.29) is 23.8 Å². The molecule has 1 aromatic carbocycles. The molecule has 2 heterocycles. The second-order valence-electron chi connectivity index (χ2n) is 5.82. The minimum atomic E-state index is -0.514. The highest BCUT2D eigenvalue weighted by atomic mass is 16.2. The molecule has 0 radical (unpaired) electrons. The number of nitrogens with one attached hydrogen (secondary N) is 2. The molecule has 128 valence electrons. The topological polar surface area (TPSA) is 96.9 Å². The number of rotatable bonds is 5. The third kappa shape index (κ3) is 3.35. The van der Waals surface area contributed by atoms with Crippen molar-refractivity contribution in [2.45, 2.75) is 26.4 Å². The van der Waals surface area contributed by atoms with Gasteiger partial charge in [-0.3, -0.25) is 14.4 Å². The summed E-state index contributed by atoms with van der Waals surface area (Å²) >= 11 is 0. The van der Waals surface area contributed by atoms with Crippen molar-refractivity contribution in [3.63, 3.8) is 0 Å². The first-order chi connectivity index (χ1) is 12.0. The smallest absolute Gasteiger partial charge is 0.250 e. The largest absolute Gasteiger partial charge is 0.349 e. The molecule has 3 aromatic rings. The van der Waals surface area contributed by atoms with Gasteiger partial charge in [0.05, 0.1) is 18.6 Å². The third-order valence-corrected chi connectivity index (χ3v) is 4.10. The monoisotopic (exact) mass is 338 g/mol. The molecule has 0 fully saturated rings. The number of amides is 1. The van der Waals surface area contributed by atoms with E-state index in [0.29, 0.717) is 11.3 Å². The zero-order valence-corrected chi connectivity index (χ0v) is 13.9. The van der Waals surface area contributed by atoms with Crippen LogP contribution in [0.3, 0.4) is 0 Å². The van der Waals surface area contributed by atoms with Gasteiger partial charge < -0.3 is 14.9 Å². The van der Waals surface area contributed by atoms with Gasteiger partial charge in [0, 0.05) is 28.7 Å². The van der Waals surface area contributed by atoms with Gasteiger partial charge in [0.1, 0.15) is 6.04 Å². The summed E-state index contributed by atoms with van der Waals surface area (Å²) in [7, 11) is 0. The second-order valence-corrected chi connectivity index (χ2v) is 5.82. The van der Waals surface area contributed by atoms with Crippen LogP contribution in [0.15, 0.2) is 47.7 Å². The lowest BCUT2D eigenvalue weighted by Gasteiger charge is -2.15. The first kappa shape index (κ1) is 16.6. The van der Waals surface area contributed by atoms with Crippen LogP contribution in [0, 0.1) is 0 Å².